The van der Waals surface area contributed by atoms with Crippen LogP contribution in [-0.2, 0) is 4.79 Å². The number of nitrogens with zero attached hydrogens (tertiary/aromatic N) is 1. The molecule has 1 amide bonds. The highest BCUT2D eigenvalue weighted by Gasteiger charge is 2.38. The Labute approximate surface area is 124 Å². The molecule has 1 N–H and O–H groups in total. The summed E-state index contributed by atoms with van der Waals surface area (Å²) in [6.45, 7) is 0. The van der Waals surface area contributed by atoms with Crippen LogP contribution in [0.15, 0.2) is 30.3 Å². The van der Waals surface area contributed by atoms with Gasteiger partial charge < -0.3 is 10.2 Å². The summed E-state index contributed by atoms with van der Waals surface area (Å²) >= 11 is 0. The second kappa shape index (κ2) is 5.98. The molecular formula is C17H21FN2O. The van der Waals surface area contributed by atoms with E-state index >= 15 is 0 Å². The van der Waals surface area contributed by atoms with Gasteiger partial charge in [-0.3, -0.25) is 4.79 Å². The highest BCUT2D eigenvalue weighted by molar-refractivity contribution is 5.91. The predicted molar refractivity (Wildman–Crippen MR) is 81.2 cm³/mol. The Kier molecular flexibility index (Phi) is 4.06. The molecule has 2 aliphatic heterocycles. The van der Waals surface area contributed by atoms with Crippen molar-refractivity contribution in [1.82, 2.24) is 10.2 Å². The van der Waals surface area contributed by atoms with Gasteiger partial charge in [-0.05, 0) is 56.5 Å². The molecule has 2 heterocycles. The first kappa shape index (κ1) is 14.3. The van der Waals surface area contributed by atoms with Crippen LogP contribution in [0.1, 0.15) is 31.2 Å². The van der Waals surface area contributed by atoms with Gasteiger partial charge in [0, 0.05) is 24.2 Å². The number of amides is 1. The SMILES string of the molecule is CN1C2CCC1CC(NC(=O)/C=C/c1cccc(F)c1)C2. The normalized spacial score (nSPS) is 29.0. The third-order valence-corrected chi connectivity index (χ3v) is 4.72. The summed E-state index contributed by atoms with van der Waals surface area (Å²) in [5, 5.41) is 3.08. The van der Waals surface area contributed by atoms with Crippen LogP contribution in [0.4, 0.5) is 4.39 Å². The maximum atomic E-state index is 13.1. The molecule has 2 aliphatic rings. The highest BCUT2D eigenvalue weighted by atomic mass is 19.1. The smallest absolute Gasteiger partial charge is 0.244 e. The number of benzene rings is 1. The molecule has 0 aliphatic carbocycles. The second-order valence-electron chi connectivity index (χ2n) is 6.12. The minimum absolute atomic E-state index is 0.0896. The van der Waals surface area contributed by atoms with Crippen molar-refractivity contribution in [3.63, 3.8) is 0 Å². The lowest BCUT2D eigenvalue weighted by molar-refractivity contribution is -0.117. The average Bonchev–Trinajstić information content (AvgIpc) is 2.68. The molecule has 3 nitrogen and oxygen atoms in total. The first-order valence-corrected chi connectivity index (χ1v) is 7.58. The van der Waals surface area contributed by atoms with Gasteiger partial charge in [0.25, 0.3) is 0 Å². The summed E-state index contributed by atoms with van der Waals surface area (Å²) in [7, 11) is 2.18. The maximum absolute atomic E-state index is 13.1. The van der Waals surface area contributed by atoms with Crippen LogP contribution in [0.5, 0.6) is 0 Å². The number of rotatable bonds is 3. The molecule has 0 radical (unpaired) electrons. The molecule has 0 aromatic heterocycles. The van der Waals surface area contributed by atoms with E-state index in [4.69, 9.17) is 0 Å². The van der Waals surface area contributed by atoms with E-state index in [2.05, 4.69) is 17.3 Å². The zero-order chi connectivity index (χ0) is 14.8. The second-order valence-corrected chi connectivity index (χ2v) is 6.12. The number of nitrogens with one attached hydrogen (secondary N) is 1. The van der Waals surface area contributed by atoms with E-state index in [0.29, 0.717) is 17.6 Å². The Morgan fingerprint density at radius 2 is 2.05 bits per heavy atom. The zero-order valence-electron chi connectivity index (χ0n) is 12.3. The van der Waals surface area contributed by atoms with Crippen molar-refractivity contribution in [1.29, 1.82) is 0 Å². The lowest BCUT2D eigenvalue weighted by atomic mass is 9.98. The van der Waals surface area contributed by atoms with Gasteiger partial charge in [0.05, 0.1) is 0 Å². The van der Waals surface area contributed by atoms with E-state index < -0.39 is 0 Å². The minimum Gasteiger partial charge on any atom is -0.350 e. The van der Waals surface area contributed by atoms with Crippen molar-refractivity contribution in [3.05, 3.63) is 41.7 Å². The molecule has 112 valence electrons. The van der Waals surface area contributed by atoms with Crippen LogP contribution in [0.2, 0.25) is 0 Å². The van der Waals surface area contributed by atoms with E-state index in [1.807, 2.05) is 0 Å². The first-order valence-electron chi connectivity index (χ1n) is 7.58. The van der Waals surface area contributed by atoms with Gasteiger partial charge in [-0.25, -0.2) is 4.39 Å². The molecule has 2 saturated heterocycles. The lowest BCUT2D eigenvalue weighted by Crippen LogP contribution is -2.48. The molecular weight excluding hydrogens is 267 g/mol. The van der Waals surface area contributed by atoms with Crippen LogP contribution in [0.3, 0.4) is 0 Å². The van der Waals surface area contributed by atoms with Crippen molar-refractivity contribution >= 4 is 12.0 Å². The zero-order valence-corrected chi connectivity index (χ0v) is 12.3. The van der Waals surface area contributed by atoms with Crippen molar-refractivity contribution in [2.45, 2.75) is 43.8 Å². The molecule has 0 saturated carbocycles. The standard InChI is InChI=1S/C17H21FN2O/c1-20-15-6-7-16(20)11-14(10-15)19-17(21)8-5-12-3-2-4-13(18)9-12/h2-5,8-9,14-16H,6-7,10-11H2,1H3,(H,19,21)/b8-5+. The number of piperidine rings is 1. The van der Waals surface area contributed by atoms with Gasteiger partial charge in [0.2, 0.25) is 5.91 Å². The quantitative estimate of drug-likeness (QED) is 0.867. The molecule has 0 spiro atoms. The highest BCUT2D eigenvalue weighted by Crippen LogP contribution is 2.34. The van der Waals surface area contributed by atoms with Crippen molar-refractivity contribution in [2.24, 2.45) is 0 Å². The van der Waals surface area contributed by atoms with E-state index in [-0.39, 0.29) is 17.8 Å². The van der Waals surface area contributed by atoms with E-state index in [1.165, 1.54) is 31.1 Å². The van der Waals surface area contributed by atoms with Gasteiger partial charge in [0.15, 0.2) is 0 Å². The van der Waals surface area contributed by atoms with Crippen LogP contribution in [0, 0.1) is 5.82 Å². The summed E-state index contributed by atoms with van der Waals surface area (Å²) in [6.07, 6.45) is 7.70. The molecule has 2 fully saturated rings. The molecule has 21 heavy (non-hydrogen) atoms. The molecule has 2 atom stereocenters. The summed E-state index contributed by atoms with van der Waals surface area (Å²) < 4.78 is 13.1. The fourth-order valence-corrected chi connectivity index (χ4v) is 3.56. The Hall–Kier alpha value is -1.68. The van der Waals surface area contributed by atoms with Crippen LogP contribution in [0.25, 0.3) is 6.08 Å². The Morgan fingerprint density at radius 1 is 1.33 bits per heavy atom. The maximum Gasteiger partial charge on any atom is 0.244 e. The number of carbonyl (C=O) groups excluding carboxylic acids is 1. The molecule has 1 aromatic carbocycles. The average molecular weight is 288 g/mol. The van der Waals surface area contributed by atoms with E-state index in [0.717, 1.165) is 12.8 Å². The summed E-state index contributed by atoms with van der Waals surface area (Å²) in [5.74, 6) is -0.377. The van der Waals surface area contributed by atoms with Gasteiger partial charge in [-0.15, -0.1) is 0 Å². The van der Waals surface area contributed by atoms with Crippen LogP contribution in [-0.4, -0.2) is 36.0 Å². The van der Waals surface area contributed by atoms with Crippen molar-refractivity contribution in [2.75, 3.05) is 7.05 Å². The Bertz CT molecular complexity index is 543. The van der Waals surface area contributed by atoms with E-state index in [9.17, 15) is 9.18 Å². The molecule has 4 heteroatoms. The molecule has 2 unspecified atom stereocenters. The molecule has 3 rings (SSSR count). The van der Waals surface area contributed by atoms with Gasteiger partial charge in [-0.1, -0.05) is 12.1 Å². The minimum atomic E-state index is -0.288. The van der Waals surface area contributed by atoms with E-state index in [1.54, 1.807) is 18.2 Å². The topological polar surface area (TPSA) is 32.3 Å². The predicted octanol–water partition coefficient (Wildman–Crippen LogP) is 2.58. The van der Waals surface area contributed by atoms with Gasteiger partial charge in [-0.2, -0.15) is 0 Å². The largest absolute Gasteiger partial charge is 0.350 e. The van der Waals surface area contributed by atoms with Crippen LogP contribution >= 0.6 is 0 Å². The van der Waals surface area contributed by atoms with Crippen molar-refractivity contribution < 1.29 is 9.18 Å². The monoisotopic (exact) mass is 288 g/mol. The number of hydrogen-bond acceptors (Lipinski definition) is 2. The first-order chi connectivity index (χ1) is 10.1. The fourth-order valence-electron chi connectivity index (χ4n) is 3.56. The Morgan fingerprint density at radius 3 is 2.71 bits per heavy atom. The number of carbonyl (C=O) groups is 1. The summed E-state index contributed by atoms with van der Waals surface area (Å²) in [4.78, 5) is 14.4. The molecule has 2 bridgehead atoms. The number of fused-ring (bicyclic) bond motifs is 2. The summed E-state index contributed by atoms with van der Waals surface area (Å²) in [5.41, 5.74) is 0.702. The van der Waals surface area contributed by atoms with Crippen LogP contribution < -0.4 is 5.32 Å². The fraction of sp³-hybridized carbons (Fsp3) is 0.471. The third-order valence-electron chi connectivity index (χ3n) is 4.72. The lowest BCUT2D eigenvalue weighted by Gasteiger charge is -2.36. The van der Waals surface area contributed by atoms with Crippen molar-refractivity contribution in [3.8, 4) is 0 Å². The number of halogens is 1. The molecule has 1 aromatic rings. The van der Waals surface area contributed by atoms with Gasteiger partial charge in [0.1, 0.15) is 5.82 Å². The number of hydrogen-bond donors (Lipinski definition) is 1. The summed E-state index contributed by atoms with van der Waals surface area (Å²) in [6, 6.07) is 7.72. The van der Waals surface area contributed by atoms with Gasteiger partial charge >= 0.3 is 0 Å². The Balaban J connectivity index is 1.55. The third kappa shape index (κ3) is 3.32.